The van der Waals surface area contributed by atoms with Crippen LogP contribution in [0.15, 0.2) is 18.2 Å². The molecule has 0 nitrogen and oxygen atoms in total. The van der Waals surface area contributed by atoms with Crippen molar-refractivity contribution < 1.29 is 13.2 Å². The van der Waals surface area contributed by atoms with Crippen molar-refractivity contribution in [1.82, 2.24) is 0 Å². The molecule has 0 saturated heterocycles. The maximum absolute atomic E-state index is 12.2. The molecule has 0 fully saturated rings. The van der Waals surface area contributed by atoms with Gasteiger partial charge in [0.05, 0.1) is 5.56 Å². The van der Waals surface area contributed by atoms with Crippen molar-refractivity contribution in [3.05, 3.63) is 41.3 Å². The summed E-state index contributed by atoms with van der Waals surface area (Å²) in [4.78, 5) is 0. The summed E-state index contributed by atoms with van der Waals surface area (Å²) < 4.78 is 36.5. The van der Waals surface area contributed by atoms with E-state index < -0.39 is 11.7 Å². The van der Waals surface area contributed by atoms with E-state index in [1.807, 2.05) is 0 Å². The van der Waals surface area contributed by atoms with Crippen LogP contribution in [-0.2, 0) is 12.6 Å². The Labute approximate surface area is 79.3 Å². The second-order valence-electron chi connectivity index (χ2n) is 2.55. The van der Waals surface area contributed by atoms with Crippen LogP contribution < -0.4 is 0 Å². The van der Waals surface area contributed by atoms with Gasteiger partial charge >= 0.3 is 6.18 Å². The smallest absolute Gasteiger partial charge is 0.166 e. The molecule has 1 aromatic rings. The van der Waals surface area contributed by atoms with Gasteiger partial charge in [-0.25, -0.2) is 0 Å². The molecule has 0 saturated carbocycles. The Morgan fingerprint density at radius 1 is 1.31 bits per heavy atom. The van der Waals surface area contributed by atoms with E-state index in [-0.39, 0.29) is 6.42 Å². The fourth-order valence-corrected chi connectivity index (χ4v) is 1.15. The zero-order valence-corrected chi connectivity index (χ0v) is 7.41. The predicted octanol–water partition coefficient (Wildman–Crippen LogP) is 3.74. The van der Waals surface area contributed by atoms with E-state index in [4.69, 9.17) is 11.6 Å². The lowest BCUT2D eigenvalue weighted by Crippen LogP contribution is -2.05. The number of hydrogen-bond donors (Lipinski definition) is 0. The van der Waals surface area contributed by atoms with Crippen molar-refractivity contribution in [2.24, 2.45) is 0 Å². The Hall–Kier alpha value is -0.700. The summed E-state index contributed by atoms with van der Waals surface area (Å²) >= 11 is 5.64. The SMILES string of the molecule is [CH2]Cc1cc(C(F)(F)F)ccc1Cl. The second kappa shape index (κ2) is 3.58. The summed E-state index contributed by atoms with van der Waals surface area (Å²) in [5, 5.41) is 0.322. The van der Waals surface area contributed by atoms with Crippen molar-refractivity contribution in [2.75, 3.05) is 0 Å². The standard InChI is InChI=1S/C9H7ClF3/c1-2-6-5-7(9(11,12)13)3-4-8(6)10/h3-5H,1-2H2. The fourth-order valence-electron chi connectivity index (χ4n) is 0.943. The minimum absolute atomic E-state index is 0.253. The van der Waals surface area contributed by atoms with Crippen molar-refractivity contribution >= 4 is 11.6 Å². The summed E-state index contributed by atoms with van der Waals surface area (Å²) in [6.07, 6.45) is -4.06. The molecule has 71 valence electrons. The lowest BCUT2D eigenvalue weighted by atomic mass is 10.1. The number of benzene rings is 1. The average Bonchev–Trinajstić information content (AvgIpc) is 2.03. The lowest BCUT2D eigenvalue weighted by molar-refractivity contribution is -0.137. The van der Waals surface area contributed by atoms with E-state index in [1.54, 1.807) is 0 Å². The molecule has 0 amide bonds. The quantitative estimate of drug-likeness (QED) is 0.658. The van der Waals surface area contributed by atoms with E-state index in [9.17, 15) is 13.2 Å². The van der Waals surface area contributed by atoms with Gasteiger partial charge < -0.3 is 0 Å². The van der Waals surface area contributed by atoms with Gasteiger partial charge in [-0.2, -0.15) is 13.2 Å². The van der Waals surface area contributed by atoms with Crippen LogP contribution in [0.1, 0.15) is 11.1 Å². The topological polar surface area (TPSA) is 0 Å². The Kier molecular flexibility index (Phi) is 2.86. The maximum atomic E-state index is 12.2. The summed E-state index contributed by atoms with van der Waals surface area (Å²) in [7, 11) is 0. The number of halogens is 4. The third-order valence-electron chi connectivity index (χ3n) is 1.64. The minimum Gasteiger partial charge on any atom is -0.166 e. The minimum atomic E-state index is -4.31. The van der Waals surface area contributed by atoms with E-state index in [0.29, 0.717) is 10.6 Å². The molecular weight excluding hydrogens is 201 g/mol. The highest BCUT2D eigenvalue weighted by atomic mass is 35.5. The molecule has 13 heavy (non-hydrogen) atoms. The number of rotatable bonds is 1. The van der Waals surface area contributed by atoms with Crippen LogP contribution in [0.3, 0.4) is 0 Å². The second-order valence-corrected chi connectivity index (χ2v) is 2.96. The molecule has 0 unspecified atom stereocenters. The van der Waals surface area contributed by atoms with Crippen LogP contribution >= 0.6 is 11.6 Å². The highest BCUT2D eigenvalue weighted by Gasteiger charge is 2.30. The summed E-state index contributed by atoms with van der Waals surface area (Å²) in [5.41, 5.74) is -0.271. The van der Waals surface area contributed by atoms with Gasteiger partial charge in [0.15, 0.2) is 0 Å². The molecule has 0 aliphatic heterocycles. The van der Waals surface area contributed by atoms with Crippen LogP contribution in [0.25, 0.3) is 0 Å². The first-order chi connectivity index (χ1) is 5.95. The zero-order valence-electron chi connectivity index (χ0n) is 6.66. The van der Waals surface area contributed by atoms with Gasteiger partial charge in [0.1, 0.15) is 0 Å². The third kappa shape index (κ3) is 2.37. The Morgan fingerprint density at radius 2 is 1.92 bits per heavy atom. The van der Waals surface area contributed by atoms with Gasteiger partial charge in [-0.05, 0) is 37.1 Å². The third-order valence-corrected chi connectivity index (χ3v) is 2.01. The molecule has 0 spiro atoms. The summed E-state index contributed by atoms with van der Waals surface area (Å²) in [5.74, 6) is 0. The molecule has 4 heteroatoms. The van der Waals surface area contributed by atoms with Gasteiger partial charge in [-0.1, -0.05) is 11.6 Å². The average molecular weight is 208 g/mol. The number of alkyl halides is 3. The molecule has 1 rings (SSSR count). The monoisotopic (exact) mass is 207 g/mol. The summed E-state index contributed by atoms with van der Waals surface area (Å²) in [6.45, 7) is 3.49. The summed E-state index contributed by atoms with van der Waals surface area (Å²) in [6, 6.07) is 3.22. The molecule has 0 bridgehead atoms. The van der Waals surface area contributed by atoms with Crippen LogP contribution in [-0.4, -0.2) is 0 Å². The van der Waals surface area contributed by atoms with Gasteiger partial charge in [-0.3, -0.25) is 0 Å². The van der Waals surface area contributed by atoms with Crippen molar-refractivity contribution in [3.63, 3.8) is 0 Å². The highest BCUT2D eigenvalue weighted by Crippen LogP contribution is 2.31. The van der Waals surface area contributed by atoms with Gasteiger partial charge in [-0.15, -0.1) is 0 Å². The normalized spacial score (nSPS) is 11.8. The zero-order chi connectivity index (χ0) is 10.1. The van der Waals surface area contributed by atoms with Gasteiger partial charge in [0.25, 0.3) is 0 Å². The van der Waals surface area contributed by atoms with Crippen molar-refractivity contribution in [3.8, 4) is 0 Å². The Balaban J connectivity index is 3.14. The maximum Gasteiger partial charge on any atom is 0.416 e. The van der Waals surface area contributed by atoms with Crippen molar-refractivity contribution in [1.29, 1.82) is 0 Å². The van der Waals surface area contributed by atoms with Crippen LogP contribution in [0, 0.1) is 6.92 Å². The van der Waals surface area contributed by atoms with E-state index in [0.717, 1.165) is 12.1 Å². The van der Waals surface area contributed by atoms with Crippen LogP contribution in [0.5, 0.6) is 0 Å². The molecule has 1 aromatic carbocycles. The molecule has 0 heterocycles. The first kappa shape index (κ1) is 10.4. The lowest BCUT2D eigenvalue weighted by Gasteiger charge is -2.08. The van der Waals surface area contributed by atoms with Crippen molar-refractivity contribution in [2.45, 2.75) is 12.6 Å². The Morgan fingerprint density at radius 3 is 2.38 bits per heavy atom. The predicted molar refractivity (Wildman–Crippen MR) is 45.5 cm³/mol. The molecular formula is C9H7ClF3. The first-order valence-corrected chi connectivity index (χ1v) is 3.98. The Bertz CT molecular complexity index is 304. The molecule has 0 aliphatic carbocycles. The fraction of sp³-hybridized carbons (Fsp3) is 0.222. The van der Waals surface area contributed by atoms with Gasteiger partial charge in [0.2, 0.25) is 0 Å². The molecule has 0 atom stereocenters. The van der Waals surface area contributed by atoms with Crippen LogP contribution in [0.2, 0.25) is 5.02 Å². The largest absolute Gasteiger partial charge is 0.416 e. The molecule has 0 aliphatic rings. The van der Waals surface area contributed by atoms with E-state index in [2.05, 4.69) is 6.92 Å². The first-order valence-electron chi connectivity index (χ1n) is 3.60. The van der Waals surface area contributed by atoms with Gasteiger partial charge in [0, 0.05) is 5.02 Å². The highest BCUT2D eigenvalue weighted by molar-refractivity contribution is 6.31. The molecule has 0 aromatic heterocycles. The number of hydrogen-bond acceptors (Lipinski definition) is 0. The molecule has 0 N–H and O–H groups in total. The van der Waals surface area contributed by atoms with E-state index >= 15 is 0 Å². The van der Waals surface area contributed by atoms with E-state index in [1.165, 1.54) is 6.07 Å². The molecule has 1 radical (unpaired) electrons. The van der Waals surface area contributed by atoms with Crippen LogP contribution in [0.4, 0.5) is 13.2 Å².